The lowest BCUT2D eigenvalue weighted by atomic mass is 10.2. The van der Waals surface area contributed by atoms with Crippen LogP contribution in [-0.4, -0.2) is 29.8 Å². The highest BCUT2D eigenvalue weighted by Crippen LogP contribution is 2.23. The van der Waals surface area contributed by atoms with Crippen molar-refractivity contribution in [3.05, 3.63) is 23.5 Å². The minimum absolute atomic E-state index is 0.272. The Hall–Kier alpha value is -1.24. The molecule has 3 rings (SSSR count). The van der Waals surface area contributed by atoms with Crippen LogP contribution in [0.15, 0.2) is 6.20 Å². The molecule has 2 aromatic heterocycles. The van der Waals surface area contributed by atoms with E-state index in [4.69, 9.17) is 0 Å². The summed E-state index contributed by atoms with van der Waals surface area (Å²) in [5, 5.41) is 16.9. The maximum absolute atomic E-state index is 4.28. The third-order valence-corrected chi connectivity index (χ3v) is 4.59. The summed E-state index contributed by atoms with van der Waals surface area (Å²) in [4.78, 5) is 0.272. The molecule has 1 atom stereocenters. The van der Waals surface area contributed by atoms with Crippen LogP contribution in [0.25, 0.3) is 0 Å². The second-order valence-electron chi connectivity index (χ2n) is 4.86. The minimum Gasteiger partial charge on any atom is -0.313 e. The molecule has 0 radical (unpaired) electrons. The molecule has 6 nitrogen and oxygen atoms in total. The second-order valence-corrected chi connectivity index (χ2v) is 5.96. The van der Waals surface area contributed by atoms with E-state index in [1.54, 1.807) is 0 Å². The van der Waals surface area contributed by atoms with Crippen molar-refractivity contribution < 1.29 is 0 Å². The van der Waals surface area contributed by atoms with Crippen LogP contribution in [0.2, 0.25) is 0 Å². The summed E-state index contributed by atoms with van der Waals surface area (Å²) in [7, 11) is 0. The predicted molar refractivity (Wildman–Crippen MR) is 74.0 cm³/mol. The average molecular weight is 325 g/mol. The van der Waals surface area contributed by atoms with Crippen LogP contribution in [0.3, 0.4) is 0 Å². The zero-order chi connectivity index (χ0) is 13.2. The van der Waals surface area contributed by atoms with Crippen molar-refractivity contribution in [1.29, 1.82) is 0 Å². The van der Waals surface area contributed by atoms with Crippen LogP contribution >= 0.6 is 15.9 Å². The Balaban J connectivity index is 1.78. The van der Waals surface area contributed by atoms with Crippen molar-refractivity contribution in [2.45, 2.75) is 50.5 Å². The van der Waals surface area contributed by atoms with Gasteiger partial charge in [-0.3, -0.25) is 0 Å². The van der Waals surface area contributed by atoms with Gasteiger partial charge >= 0.3 is 0 Å². The molecule has 0 saturated carbocycles. The molecule has 19 heavy (non-hydrogen) atoms. The van der Waals surface area contributed by atoms with E-state index < -0.39 is 0 Å². The van der Waals surface area contributed by atoms with E-state index in [-0.39, 0.29) is 4.83 Å². The fourth-order valence-corrected chi connectivity index (χ4v) is 2.58. The predicted octanol–water partition coefficient (Wildman–Crippen LogP) is 2.10. The van der Waals surface area contributed by atoms with E-state index in [9.17, 15) is 0 Å². The molecule has 0 aromatic carbocycles. The van der Waals surface area contributed by atoms with E-state index >= 15 is 0 Å². The highest BCUT2D eigenvalue weighted by molar-refractivity contribution is 9.09. The van der Waals surface area contributed by atoms with Crippen molar-refractivity contribution >= 4 is 15.9 Å². The normalized spacial score (nSPS) is 16.3. The second kappa shape index (κ2) is 5.40. The molecule has 1 aliphatic heterocycles. The molecule has 2 aromatic rings. The zero-order valence-corrected chi connectivity index (χ0v) is 12.5. The standard InChI is InChI=1S/C12H17BrN6/c1-2-9(13)10-7-18(17-14-10)8-12-16-15-11-5-3-4-6-19(11)12/h7,9H,2-6,8H2,1H3. The van der Waals surface area contributed by atoms with E-state index in [1.165, 1.54) is 12.8 Å². The van der Waals surface area contributed by atoms with Crippen LogP contribution in [0.1, 0.15) is 48.4 Å². The number of halogens is 1. The molecule has 1 aliphatic rings. The minimum atomic E-state index is 0.272. The number of aromatic nitrogens is 6. The maximum atomic E-state index is 4.28. The first-order valence-electron chi connectivity index (χ1n) is 6.73. The Morgan fingerprint density at radius 2 is 2.21 bits per heavy atom. The zero-order valence-electron chi connectivity index (χ0n) is 11.0. The maximum Gasteiger partial charge on any atom is 0.154 e. The Morgan fingerprint density at radius 3 is 3.05 bits per heavy atom. The van der Waals surface area contributed by atoms with Crippen LogP contribution in [0, 0.1) is 0 Å². The first kappa shape index (κ1) is 12.8. The Bertz CT molecular complexity index is 560. The largest absolute Gasteiger partial charge is 0.313 e. The highest BCUT2D eigenvalue weighted by atomic mass is 79.9. The molecule has 102 valence electrons. The van der Waals surface area contributed by atoms with Crippen LogP contribution in [0.4, 0.5) is 0 Å². The fraction of sp³-hybridized carbons (Fsp3) is 0.667. The topological polar surface area (TPSA) is 61.4 Å². The quantitative estimate of drug-likeness (QED) is 0.808. The summed E-state index contributed by atoms with van der Waals surface area (Å²) in [6, 6.07) is 0. The molecule has 0 N–H and O–H groups in total. The summed E-state index contributed by atoms with van der Waals surface area (Å²) in [6.45, 7) is 3.78. The number of fused-ring (bicyclic) bond motifs is 1. The Kier molecular flexibility index (Phi) is 3.63. The van der Waals surface area contributed by atoms with E-state index in [1.807, 2.05) is 10.9 Å². The summed E-state index contributed by atoms with van der Waals surface area (Å²) in [5.74, 6) is 2.09. The third-order valence-electron chi connectivity index (χ3n) is 3.48. The number of rotatable bonds is 4. The Labute approximate surface area is 120 Å². The molecule has 0 spiro atoms. The number of hydrogen-bond acceptors (Lipinski definition) is 4. The Morgan fingerprint density at radius 1 is 1.32 bits per heavy atom. The smallest absolute Gasteiger partial charge is 0.154 e. The van der Waals surface area contributed by atoms with Gasteiger partial charge in [-0.05, 0) is 19.3 Å². The number of alkyl halides is 1. The number of hydrogen-bond donors (Lipinski definition) is 0. The highest BCUT2D eigenvalue weighted by Gasteiger charge is 2.17. The van der Waals surface area contributed by atoms with Gasteiger partial charge in [-0.1, -0.05) is 28.1 Å². The molecular weight excluding hydrogens is 308 g/mol. The molecule has 1 unspecified atom stereocenters. The van der Waals surface area contributed by atoms with Gasteiger partial charge in [0.2, 0.25) is 0 Å². The van der Waals surface area contributed by atoms with Crippen molar-refractivity contribution in [2.75, 3.05) is 0 Å². The lowest BCUT2D eigenvalue weighted by Gasteiger charge is -2.14. The van der Waals surface area contributed by atoms with Gasteiger partial charge in [0, 0.05) is 13.0 Å². The fourth-order valence-electron chi connectivity index (χ4n) is 2.37. The van der Waals surface area contributed by atoms with Gasteiger partial charge in [0.15, 0.2) is 5.82 Å². The summed E-state index contributed by atoms with van der Waals surface area (Å²) >= 11 is 3.59. The third kappa shape index (κ3) is 2.56. The molecule has 7 heteroatoms. The van der Waals surface area contributed by atoms with Gasteiger partial charge in [0.25, 0.3) is 0 Å². The summed E-state index contributed by atoms with van der Waals surface area (Å²) < 4.78 is 4.06. The summed E-state index contributed by atoms with van der Waals surface area (Å²) in [6.07, 6.45) is 6.44. The molecule has 0 amide bonds. The van der Waals surface area contributed by atoms with Crippen LogP contribution in [0.5, 0.6) is 0 Å². The summed E-state index contributed by atoms with van der Waals surface area (Å²) in [5.41, 5.74) is 0.973. The molecule has 0 bridgehead atoms. The van der Waals surface area contributed by atoms with Crippen molar-refractivity contribution in [3.8, 4) is 0 Å². The first-order valence-corrected chi connectivity index (χ1v) is 7.64. The molecule has 0 saturated heterocycles. The molecule has 3 heterocycles. The van der Waals surface area contributed by atoms with Gasteiger partial charge in [-0.25, -0.2) is 4.68 Å². The SMILES string of the molecule is CCC(Br)c1cn(Cc2nnc3n2CCCC3)nn1. The number of aryl methyl sites for hydroxylation is 1. The van der Waals surface area contributed by atoms with E-state index in [2.05, 4.69) is 47.9 Å². The van der Waals surface area contributed by atoms with Crippen LogP contribution in [-0.2, 0) is 19.5 Å². The van der Waals surface area contributed by atoms with Crippen molar-refractivity contribution in [3.63, 3.8) is 0 Å². The van der Waals surface area contributed by atoms with Crippen molar-refractivity contribution in [2.24, 2.45) is 0 Å². The van der Waals surface area contributed by atoms with E-state index in [0.29, 0.717) is 6.54 Å². The van der Waals surface area contributed by atoms with Gasteiger partial charge in [0.1, 0.15) is 12.4 Å². The monoisotopic (exact) mass is 324 g/mol. The lowest BCUT2D eigenvalue weighted by Crippen LogP contribution is -2.15. The molecule has 0 fully saturated rings. The van der Waals surface area contributed by atoms with Gasteiger partial charge in [-0.15, -0.1) is 15.3 Å². The van der Waals surface area contributed by atoms with Gasteiger partial charge in [0.05, 0.1) is 16.7 Å². The average Bonchev–Trinajstić information content (AvgIpc) is 3.06. The van der Waals surface area contributed by atoms with Crippen LogP contribution < -0.4 is 0 Å². The molecule has 0 aliphatic carbocycles. The van der Waals surface area contributed by atoms with E-state index in [0.717, 1.165) is 36.7 Å². The van der Waals surface area contributed by atoms with Crippen molar-refractivity contribution in [1.82, 2.24) is 29.8 Å². The molecular formula is C12H17BrN6. The first-order chi connectivity index (χ1) is 9.28. The number of nitrogens with zero attached hydrogens (tertiary/aromatic N) is 6. The van der Waals surface area contributed by atoms with Gasteiger partial charge in [-0.2, -0.15) is 0 Å². The lowest BCUT2D eigenvalue weighted by molar-refractivity contribution is 0.493. The van der Waals surface area contributed by atoms with Gasteiger partial charge < -0.3 is 4.57 Å².